The van der Waals surface area contributed by atoms with E-state index >= 15 is 0 Å². The van der Waals surface area contributed by atoms with Gasteiger partial charge in [0.25, 0.3) is 0 Å². The van der Waals surface area contributed by atoms with Crippen LogP contribution in [0.15, 0.2) is 30.3 Å². The summed E-state index contributed by atoms with van der Waals surface area (Å²) in [4.78, 5) is 23.7. The lowest BCUT2D eigenvalue weighted by Gasteiger charge is -2.24. The third-order valence-electron chi connectivity index (χ3n) is 2.92. The van der Waals surface area contributed by atoms with Crippen LogP contribution in [0.3, 0.4) is 0 Å². The average Bonchev–Trinajstić information content (AvgIpc) is 2.43. The Morgan fingerprint density at radius 1 is 1.08 bits per heavy atom. The number of hydrogen-bond acceptors (Lipinski definition) is 4. The molecule has 0 spiro atoms. The maximum atomic E-state index is 11.9. The molecule has 134 valence electrons. The van der Waals surface area contributed by atoms with Gasteiger partial charge in [-0.15, -0.1) is 0 Å². The zero-order valence-electron chi connectivity index (χ0n) is 15.1. The summed E-state index contributed by atoms with van der Waals surface area (Å²) in [5.41, 5.74) is -0.563. The molecular weight excluding hydrogens is 308 g/mol. The number of carbonyl (C=O) groups is 2. The Hall–Kier alpha value is -2.24. The summed E-state index contributed by atoms with van der Waals surface area (Å²) >= 11 is 0. The molecule has 0 unspecified atom stereocenters. The fourth-order valence-corrected chi connectivity index (χ4v) is 2.07. The van der Waals surface area contributed by atoms with Gasteiger partial charge in [-0.25, -0.2) is 9.59 Å². The van der Waals surface area contributed by atoms with Gasteiger partial charge in [-0.05, 0) is 45.2 Å². The smallest absolute Gasteiger partial charge is 0.412 e. The second-order valence-corrected chi connectivity index (χ2v) is 7.06. The quantitative estimate of drug-likeness (QED) is 0.830. The van der Waals surface area contributed by atoms with Crippen molar-refractivity contribution >= 4 is 12.2 Å². The van der Waals surface area contributed by atoms with Gasteiger partial charge < -0.3 is 20.1 Å². The van der Waals surface area contributed by atoms with Gasteiger partial charge >= 0.3 is 12.2 Å². The molecule has 0 aliphatic heterocycles. The molecule has 6 heteroatoms. The van der Waals surface area contributed by atoms with Crippen molar-refractivity contribution in [3.05, 3.63) is 30.3 Å². The van der Waals surface area contributed by atoms with Gasteiger partial charge in [0.15, 0.2) is 0 Å². The predicted molar refractivity (Wildman–Crippen MR) is 93.1 cm³/mol. The highest BCUT2D eigenvalue weighted by atomic mass is 16.6. The Balaban J connectivity index is 2.50. The molecule has 0 aromatic heterocycles. The van der Waals surface area contributed by atoms with Crippen LogP contribution in [0.4, 0.5) is 9.59 Å². The Kier molecular flexibility index (Phi) is 7.55. The van der Waals surface area contributed by atoms with E-state index in [9.17, 15) is 9.59 Å². The first kappa shape index (κ1) is 19.8. The summed E-state index contributed by atoms with van der Waals surface area (Å²) in [5, 5.41) is 5.47. The van der Waals surface area contributed by atoms with Gasteiger partial charge in [0.2, 0.25) is 0 Å². The minimum Gasteiger partial charge on any atom is -0.444 e. The number of benzene rings is 1. The molecule has 1 rings (SSSR count). The van der Waals surface area contributed by atoms with Gasteiger partial charge in [-0.3, -0.25) is 0 Å². The average molecular weight is 336 g/mol. The van der Waals surface area contributed by atoms with Crippen LogP contribution in [-0.4, -0.2) is 30.4 Å². The van der Waals surface area contributed by atoms with Crippen molar-refractivity contribution < 1.29 is 19.1 Å². The summed E-state index contributed by atoms with van der Waals surface area (Å²) in [7, 11) is 0. The summed E-state index contributed by atoms with van der Waals surface area (Å²) in [6.45, 7) is 9.78. The molecule has 0 aliphatic carbocycles. The molecule has 0 radical (unpaired) electrons. The van der Waals surface area contributed by atoms with Crippen LogP contribution in [0, 0.1) is 5.92 Å². The molecule has 0 heterocycles. The number of nitrogens with one attached hydrogen (secondary N) is 2. The van der Waals surface area contributed by atoms with Gasteiger partial charge in [-0.1, -0.05) is 32.0 Å². The highest BCUT2D eigenvalue weighted by molar-refractivity contribution is 5.71. The van der Waals surface area contributed by atoms with Crippen molar-refractivity contribution in [3.8, 4) is 5.75 Å². The number of carbonyl (C=O) groups excluding carboxylic acids is 2. The fourth-order valence-electron chi connectivity index (χ4n) is 2.07. The van der Waals surface area contributed by atoms with Crippen molar-refractivity contribution in [1.82, 2.24) is 10.6 Å². The first-order valence-electron chi connectivity index (χ1n) is 8.16. The summed E-state index contributed by atoms with van der Waals surface area (Å²) in [6.07, 6.45) is -0.336. The zero-order chi connectivity index (χ0) is 18.2. The van der Waals surface area contributed by atoms with Crippen molar-refractivity contribution in [2.75, 3.05) is 6.54 Å². The van der Waals surface area contributed by atoms with Gasteiger partial charge in [0.05, 0.1) is 0 Å². The molecule has 6 nitrogen and oxygen atoms in total. The van der Waals surface area contributed by atoms with E-state index in [0.29, 0.717) is 18.1 Å². The van der Waals surface area contributed by atoms with Crippen molar-refractivity contribution in [1.29, 1.82) is 0 Å². The van der Waals surface area contributed by atoms with E-state index in [2.05, 4.69) is 10.6 Å². The molecule has 2 N–H and O–H groups in total. The largest absolute Gasteiger partial charge is 0.444 e. The predicted octanol–water partition coefficient (Wildman–Crippen LogP) is 3.71. The van der Waals surface area contributed by atoms with E-state index in [0.717, 1.165) is 0 Å². The maximum Gasteiger partial charge on any atom is 0.412 e. The second kappa shape index (κ2) is 9.15. The number of rotatable bonds is 6. The molecule has 1 aromatic carbocycles. The van der Waals surface area contributed by atoms with Crippen molar-refractivity contribution in [3.63, 3.8) is 0 Å². The monoisotopic (exact) mass is 336 g/mol. The lowest BCUT2D eigenvalue weighted by atomic mass is 10.0. The molecule has 0 bridgehead atoms. The number of ether oxygens (including phenoxy) is 2. The highest BCUT2D eigenvalue weighted by Gasteiger charge is 2.20. The van der Waals surface area contributed by atoms with Gasteiger partial charge in [0, 0.05) is 12.6 Å². The SMILES string of the molecule is CC(C)C[C@@H](CNC(=O)Oc1ccccc1)NC(=O)OC(C)(C)C. The lowest BCUT2D eigenvalue weighted by molar-refractivity contribution is 0.0497. The van der Waals surface area contributed by atoms with Gasteiger partial charge in [0.1, 0.15) is 11.4 Å². The maximum absolute atomic E-state index is 11.9. The van der Waals surface area contributed by atoms with Gasteiger partial charge in [-0.2, -0.15) is 0 Å². The Bertz CT molecular complexity index is 524. The third-order valence-corrected chi connectivity index (χ3v) is 2.92. The van der Waals surface area contributed by atoms with E-state index in [-0.39, 0.29) is 12.6 Å². The van der Waals surface area contributed by atoms with Crippen LogP contribution in [0.2, 0.25) is 0 Å². The number of amides is 2. The minimum atomic E-state index is -0.563. The van der Waals surface area contributed by atoms with E-state index in [1.54, 1.807) is 45.0 Å². The second-order valence-electron chi connectivity index (χ2n) is 7.06. The number of hydrogen-bond donors (Lipinski definition) is 2. The molecule has 1 aromatic rings. The van der Waals surface area contributed by atoms with Crippen LogP contribution in [0.5, 0.6) is 5.75 Å². The third kappa shape index (κ3) is 9.02. The standard InChI is InChI=1S/C18H28N2O4/c1-13(2)11-14(20-17(22)24-18(3,4)5)12-19-16(21)23-15-9-7-6-8-10-15/h6-10,13-14H,11-12H2,1-5H3,(H,19,21)(H,20,22)/t14-/m0/s1. The van der Waals surface area contributed by atoms with Crippen LogP contribution in [-0.2, 0) is 4.74 Å². The normalized spacial score (nSPS) is 12.4. The Labute approximate surface area is 143 Å². The summed E-state index contributed by atoms with van der Waals surface area (Å²) < 4.78 is 10.4. The molecule has 0 aliphatic rings. The van der Waals surface area contributed by atoms with Crippen LogP contribution >= 0.6 is 0 Å². The Morgan fingerprint density at radius 3 is 2.25 bits per heavy atom. The van der Waals surface area contributed by atoms with E-state index < -0.39 is 17.8 Å². The molecule has 0 saturated heterocycles. The van der Waals surface area contributed by atoms with Crippen molar-refractivity contribution in [2.45, 2.75) is 52.7 Å². The van der Waals surface area contributed by atoms with Crippen LogP contribution < -0.4 is 15.4 Å². The first-order valence-corrected chi connectivity index (χ1v) is 8.16. The molecule has 2 amide bonds. The summed E-state index contributed by atoms with van der Waals surface area (Å²) in [5.74, 6) is 0.826. The Morgan fingerprint density at radius 2 is 1.71 bits per heavy atom. The molecule has 0 fully saturated rings. The molecule has 1 atom stereocenters. The molecule has 0 saturated carbocycles. The fraction of sp³-hybridized carbons (Fsp3) is 0.556. The number of alkyl carbamates (subject to hydrolysis) is 1. The minimum absolute atomic E-state index is 0.233. The first-order chi connectivity index (χ1) is 11.2. The van der Waals surface area contributed by atoms with E-state index in [1.165, 1.54) is 0 Å². The van der Waals surface area contributed by atoms with Crippen molar-refractivity contribution in [2.24, 2.45) is 5.92 Å². The summed E-state index contributed by atoms with van der Waals surface area (Å²) in [6, 6.07) is 8.58. The lowest BCUT2D eigenvalue weighted by Crippen LogP contribution is -2.46. The number of para-hydroxylation sites is 1. The topological polar surface area (TPSA) is 76.7 Å². The molecular formula is C18H28N2O4. The van der Waals surface area contributed by atoms with Crippen LogP contribution in [0.1, 0.15) is 41.0 Å². The van der Waals surface area contributed by atoms with Crippen LogP contribution in [0.25, 0.3) is 0 Å². The zero-order valence-corrected chi connectivity index (χ0v) is 15.1. The molecule has 24 heavy (non-hydrogen) atoms. The highest BCUT2D eigenvalue weighted by Crippen LogP contribution is 2.10. The van der Waals surface area contributed by atoms with E-state index in [1.807, 2.05) is 19.9 Å². The van der Waals surface area contributed by atoms with E-state index in [4.69, 9.17) is 9.47 Å².